The average Bonchev–Trinajstić information content (AvgIpc) is 3.45. The van der Waals surface area contributed by atoms with Crippen LogP contribution >= 0.6 is 0 Å². The predicted octanol–water partition coefficient (Wildman–Crippen LogP) is 5.29. The quantitative estimate of drug-likeness (QED) is 0.409. The van der Waals surface area contributed by atoms with Crippen LogP contribution in [0, 0.1) is 0 Å². The molecule has 0 fully saturated rings. The molecule has 0 saturated carbocycles. The van der Waals surface area contributed by atoms with Gasteiger partial charge in [-0.1, -0.05) is 35.5 Å². The van der Waals surface area contributed by atoms with Gasteiger partial charge in [0.05, 0.1) is 17.2 Å². The van der Waals surface area contributed by atoms with Crippen LogP contribution in [0.5, 0.6) is 5.75 Å². The van der Waals surface area contributed by atoms with Gasteiger partial charge in [-0.25, -0.2) is 0 Å². The standard InChI is InChI=1S/C23H15NO5/c25-23-18-9-8-17(12-21(18)28-14-19(23)15-5-2-1-3-6-15)27-13-16-11-22(29-24-16)20-7-4-10-26-20/h1-12,14H,13H2. The van der Waals surface area contributed by atoms with Crippen molar-refractivity contribution in [3.05, 3.63) is 95.2 Å². The zero-order chi connectivity index (χ0) is 19.6. The van der Waals surface area contributed by atoms with Crippen molar-refractivity contribution < 1.29 is 18.1 Å². The van der Waals surface area contributed by atoms with Crippen LogP contribution in [0.15, 0.2) is 97.4 Å². The number of hydrogen-bond acceptors (Lipinski definition) is 6. The van der Waals surface area contributed by atoms with Gasteiger partial charge in [-0.05, 0) is 29.8 Å². The van der Waals surface area contributed by atoms with Gasteiger partial charge in [0.1, 0.15) is 29.9 Å². The predicted molar refractivity (Wildman–Crippen MR) is 106 cm³/mol. The van der Waals surface area contributed by atoms with Gasteiger partial charge in [0.15, 0.2) is 11.2 Å². The molecule has 142 valence electrons. The Morgan fingerprint density at radius 2 is 1.79 bits per heavy atom. The molecule has 0 unspecified atom stereocenters. The maximum atomic E-state index is 12.8. The van der Waals surface area contributed by atoms with E-state index in [1.165, 1.54) is 6.26 Å². The van der Waals surface area contributed by atoms with Crippen LogP contribution in [-0.2, 0) is 6.61 Å². The lowest BCUT2D eigenvalue weighted by Gasteiger charge is -2.06. The summed E-state index contributed by atoms with van der Waals surface area (Å²) in [6, 6.07) is 19.9. The van der Waals surface area contributed by atoms with Crippen molar-refractivity contribution in [3.63, 3.8) is 0 Å². The van der Waals surface area contributed by atoms with Crippen molar-refractivity contribution in [1.29, 1.82) is 0 Å². The van der Waals surface area contributed by atoms with Gasteiger partial charge in [-0.2, -0.15) is 0 Å². The minimum absolute atomic E-state index is 0.0800. The Labute approximate surface area is 164 Å². The van der Waals surface area contributed by atoms with E-state index in [0.29, 0.717) is 39.5 Å². The molecule has 5 rings (SSSR count). The van der Waals surface area contributed by atoms with E-state index in [-0.39, 0.29) is 12.0 Å². The van der Waals surface area contributed by atoms with Crippen molar-refractivity contribution >= 4 is 11.0 Å². The molecule has 0 spiro atoms. The summed E-state index contributed by atoms with van der Waals surface area (Å²) in [7, 11) is 0. The molecule has 0 atom stereocenters. The van der Waals surface area contributed by atoms with Gasteiger partial charge >= 0.3 is 0 Å². The van der Waals surface area contributed by atoms with Gasteiger partial charge < -0.3 is 18.1 Å². The zero-order valence-corrected chi connectivity index (χ0v) is 15.2. The molecule has 29 heavy (non-hydrogen) atoms. The smallest absolute Gasteiger partial charge is 0.202 e. The van der Waals surface area contributed by atoms with Crippen LogP contribution in [0.1, 0.15) is 5.69 Å². The molecular formula is C23H15NO5. The lowest BCUT2D eigenvalue weighted by molar-refractivity contribution is 0.289. The number of nitrogens with zero attached hydrogens (tertiary/aromatic N) is 1. The Hall–Kier alpha value is -4.06. The van der Waals surface area contributed by atoms with E-state index < -0.39 is 0 Å². The second kappa shape index (κ2) is 7.16. The zero-order valence-electron chi connectivity index (χ0n) is 15.2. The SMILES string of the molecule is O=c1c(-c2ccccc2)coc2cc(OCc3cc(-c4ccco4)on3)ccc12. The molecule has 0 aliphatic rings. The molecule has 0 aliphatic heterocycles. The maximum absolute atomic E-state index is 12.8. The number of fused-ring (bicyclic) bond motifs is 1. The molecule has 0 aliphatic carbocycles. The van der Waals surface area contributed by atoms with Gasteiger partial charge in [-0.3, -0.25) is 4.79 Å². The van der Waals surface area contributed by atoms with E-state index in [1.807, 2.05) is 30.3 Å². The van der Waals surface area contributed by atoms with E-state index in [4.69, 9.17) is 18.1 Å². The average molecular weight is 385 g/mol. The van der Waals surface area contributed by atoms with Crippen LogP contribution in [-0.4, -0.2) is 5.16 Å². The van der Waals surface area contributed by atoms with Gasteiger partial charge in [0.25, 0.3) is 0 Å². The minimum atomic E-state index is -0.0800. The van der Waals surface area contributed by atoms with E-state index in [0.717, 1.165) is 5.56 Å². The van der Waals surface area contributed by atoms with Crippen LogP contribution in [0.4, 0.5) is 0 Å². The lowest BCUT2D eigenvalue weighted by Crippen LogP contribution is -2.05. The fraction of sp³-hybridized carbons (Fsp3) is 0.0435. The molecule has 0 bridgehead atoms. The highest BCUT2D eigenvalue weighted by molar-refractivity contribution is 5.82. The molecule has 5 aromatic rings. The van der Waals surface area contributed by atoms with Crippen molar-refractivity contribution in [2.24, 2.45) is 0 Å². The summed E-state index contributed by atoms with van der Waals surface area (Å²) in [5, 5.41) is 4.48. The molecule has 6 nitrogen and oxygen atoms in total. The lowest BCUT2D eigenvalue weighted by atomic mass is 10.1. The van der Waals surface area contributed by atoms with Crippen LogP contribution in [0.25, 0.3) is 33.6 Å². The van der Waals surface area contributed by atoms with Crippen molar-refractivity contribution in [3.8, 4) is 28.4 Å². The molecule has 0 radical (unpaired) electrons. The van der Waals surface area contributed by atoms with E-state index in [1.54, 1.807) is 42.7 Å². The van der Waals surface area contributed by atoms with Gasteiger partial charge in [0, 0.05) is 12.1 Å². The van der Waals surface area contributed by atoms with Crippen LogP contribution in [0.2, 0.25) is 0 Å². The fourth-order valence-corrected chi connectivity index (χ4v) is 3.09. The van der Waals surface area contributed by atoms with Crippen LogP contribution in [0.3, 0.4) is 0 Å². The highest BCUT2D eigenvalue weighted by Gasteiger charge is 2.12. The normalized spacial score (nSPS) is 11.0. The third-order valence-electron chi connectivity index (χ3n) is 4.54. The summed E-state index contributed by atoms with van der Waals surface area (Å²) in [6.45, 7) is 0.210. The third kappa shape index (κ3) is 3.32. The molecule has 2 aromatic carbocycles. The Morgan fingerprint density at radius 1 is 0.897 bits per heavy atom. The first-order valence-corrected chi connectivity index (χ1v) is 9.01. The molecule has 3 heterocycles. The molecule has 0 amide bonds. The van der Waals surface area contributed by atoms with Gasteiger partial charge in [-0.15, -0.1) is 0 Å². The number of rotatable bonds is 5. The molecule has 6 heteroatoms. The van der Waals surface area contributed by atoms with E-state index in [9.17, 15) is 4.79 Å². The molecule has 0 N–H and O–H groups in total. The van der Waals surface area contributed by atoms with Gasteiger partial charge in [0.2, 0.25) is 5.76 Å². The van der Waals surface area contributed by atoms with Crippen LogP contribution < -0.4 is 10.2 Å². The Kier molecular flexibility index (Phi) is 4.22. The van der Waals surface area contributed by atoms with Crippen molar-refractivity contribution in [2.45, 2.75) is 6.61 Å². The fourth-order valence-electron chi connectivity index (χ4n) is 3.09. The monoisotopic (exact) mass is 385 g/mol. The molecular weight excluding hydrogens is 370 g/mol. The topological polar surface area (TPSA) is 78.6 Å². The minimum Gasteiger partial charge on any atom is -0.487 e. The number of benzene rings is 2. The van der Waals surface area contributed by atoms with Crippen molar-refractivity contribution in [2.75, 3.05) is 0 Å². The number of ether oxygens (including phenoxy) is 1. The summed E-state index contributed by atoms with van der Waals surface area (Å²) in [5.74, 6) is 1.70. The number of aromatic nitrogens is 1. The highest BCUT2D eigenvalue weighted by Crippen LogP contribution is 2.25. The Bertz CT molecular complexity index is 1320. The summed E-state index contributed by atoms with van der Waals surface area (Å²) < 4.78 is 22.0. The first-order valence-electron chi connectivity index (χ1n) is 9.01. The molecule has 0 saturated heterocycles. The summed E-state index contributed by atoms with van der Waals surface area (Å²) in [4.78, 5) is 12.8. The summed E-state index contributed by atoms with van der Waals surface area (Å²) in [6.07, 6.45) is 3.05. The summed E-state index contributed by atoms with van der Waals surface area (Å²) >= 11 is 0. The highest BCUT2D eigenvalue weighted by atomic mass is 16.5. The number of hydrogen-bond donors (Lipinski definition) is 0. The summed E-state index contributed by atoms with van der Waals surface area (Å²) in [5.41, 5.74) is 2.35. The second-order valence-corrected chi connectivity index (χ2v) is 6.45. The Morgan fingerprint density at radius 3 is 2.62 bits per heavy atom. The first-order chi connectivity index (χ1) is 14.3. The molecule has 3 aromatic heterocycles. The first kappa shape index (κ1) is 17.1. The second-order valence-electron chi connectivity index (χ2n) is 6.45. The number of furan rings is 1. The van der Waals surface area contributed by atoms with E-state index in [2.05, 4.69) is 5.16 Å². The van der Waals surface area contributed by atoms with E-state index >= 15 is 0 Å². The maximum Gasteiger partial charge on any atom is 0.202 e. The third-order valence-corrected chi connectivity index (χ3v) is 4.54. The van der Waals surface area contributed by atoms with Crippen molar-refractivity contribution in [1.82, 2.24) is 5.16 Å². The largest absolute Gasteiger partial charge is 0.487 e. The Balaban J connectivity index is 1.37.